The number of phenolic OH excluding ortho intramolecular Hbond substituents is 1. The number of nitrogens with one attached hydrogen (secondary N) is 1. The molecule has 19 heavy (non-hydrogen) atoms. The molecule has 3 unspecified atom stereocenters. The Morgan fingerprint density at radius 3 is 2.63 bits per heavy atom. The van der Waals surface area contributed by atoms with Crippen LogP contribution in [0.5, 0.6) is 5.75 Å². The minimum absolute atomic E-state index is 0.237. The summed E-state index contributed by atoms with van der Waals surface area (Å²) in [5, 5.41) is 12.8. The van der Waals surface area contributed by atoms with Gasteiger partial charge in [0, 0.05) is 17.8 Å². The number of benzene rings is 1. The summed E-state index contributed by atoms with van der Waals surface area (Å²) < 4.78 is 13.4. The first-order valence-electron chi connectivity index (χ1n) is 7.08. The summed E-state index contributed by atoms with van der Waals surface area (Å²) in [5.74, 6) is -0.0861. The van der Waals surface area contributed by atoms with Crippen molar-refractivity contribution >= 4 is 5.69 Å². The van der Waals surface area contributed by atoms with E-state index in [0.29, 0.717) is 11.5 Å². The quantitative estimate of drug-likeness (QED) is 0.785. The third-order valence-corrected chi connectivity index (χ3v) is 5.53. The van der Waals surface area contributed by atoms with Crippen molar-refractivity contribution in [2.24, 2.45) is 16.7 Å². The van der Waals surface area contributed by atoms with Gasteiger partial charge in [0.15, 0.2) is 11.6 Å². The molecule has 1 aromatic rings. The van der Waals surface area contributed by atoms with Crippen molar-refractivity contribution < 1.29 is 9.50 Å². The van der Waals surface area contributed by atoms with Gasteiger partial charge in [-0.3, -0.25) is 0 Å². The summed E-state index contributed by atoms with van der Waals surface area (Å²) in [6.07, 6.45) is 3.82. The third kappa shape index (κ3) is 1.82. The van der Waals surface area contributed by atoms with Gasteiger partial charge in [-0.1, -0.05) is 20.8 Å². The maximum Gasteiger partial charge on any atom is 0.166 e. The van der Waals surface area contributed by atoms with Gasteiger partial charge in [-0.25, -0.2) is 4.39 Å². The highest BCUT2D eigenvalue weighted by Crippen LogP contribution is 2.63. The first-order chi connectivity index (χ1) is 8.83. The predicted molar refractivity (Wildman–Crippen MR) is 74.7 cm³/mol. The first-order valence-corrected chi connectivity index (χ1v) is 7.08. The van der Waals surface area contributed by atoms with E-state index in [4.69, 9.17) is 0 Å². The van der Waals surface area contributed by atoms with Gasteiger partial charge in [-0.2, -0.15) is 0 Å². The predicted octanol–water partition coefficient (Wildman–Crippen LogP) is 4.16. The van der Waals surface area contributed by atoms with Crippen molar-refractivity contribution in [3.63, 3.8) is 0 Å². The van der Waals surface area contributed by atoms with Crippen molar-refractivity contribution in [2.75, 3.05) is 5.32 Å². The minimum Gasteiger partial charge on any atom is -0.505 e. The van der Waals surface area contributed by atoms with E-state index < -0.39 is 5.82 Å². The second kappa shape index (κ2) is 3.87. The van der Waals surface area contributed by atoms with Crippen LogP contribution in [0.25, 0.3) is 0 Å². The van der Waals surface area contributed by atoms with Gasteiger partial charge < -0.3 is 10.4 Å². The highest BCUT2D eigenvalue weighted by molar-refractivity contribution is 5.49. The van der Waals surface area contributed by atoms with Crippen LogP contribution in [0.1, 0.15) is 40.0 Å². The van der Waals surface area contributed by atoms with Crippen molar-refractivity contribution in [3.8, 4) is 5.75 Å². The van der Waals surface area contributed by atoms with Gasteiger partial charge in [-0.05, 0) is 48.1 Å². The maximum absolute atomic E-state index is 13.4. The summed E-state index contributed by atoms with van der Waals surface area (Å²) in [5.41, 5.74) is 1.31. The summed E-state index contributed by atoms with van der Waals surface area (Å²) in [6, 6.07) is 4.92. The molecule has 3 heteroatoms. The summed E-state index contributed by atoms with van der Waals surface area (Å²) >= 11 is 0. The molecule has 3 rings (SSSR count). The summed E-state index contributed by atoms with van der Waals surface area (Å²) in [7, 11) is 0. The molecule has 2 nitrogen and oxygen atoms in total. The number of fused-ring (bicyclic) bond motifs is 2. The Hall–Kier alpha value is -1.25. The van der Waals surface area contributed by atoms with Crippen LogP contribution in [-0.4, -0.2) is 11.1 Å². The van der Waals surface area contributed by atoms with E-state index in [9.17, 15) is 9.50 Å². The zero-order chi connectivity index (χ0) is 13.8. The Kier molecular flexibility index (Phi) is 2.60. The van der Waals surface area contributed by atoms with Crippen molar-refractivity contribution in [1.29, 1.82) is 0 Å². The smallest absolute Gasteiger partial charge is 0.166 e. The number of hydrogen-bond donors (Lipinski definition) is 2. The molecule has 0 radical (unpaired) electrons. The van der Waals surface area contributed by atoms with Crippen molar-refractivity contribution in [1.82, 2.24) is 0 Å². The minimum atomic E-state index is -0.559. The van der Waals surface area contributed by atoms with Crippen LogP contribution >= 0.6 is 0 Å². The van der Waals surface area contributed by atoms with E-state index >= 15 is 0 Å². The Morgan fingerprint density at radius 1 is 1.32 bits per heavy atom. The normalized spacial score (nSPS) is 35.6. The van der Waals surface area contributed by atoms with E-state index in [2.05, 4.69) is 26.1 Å². The van der Waals surface area contributed by atoms with E-state index in [-0.39, 0.29) is 11.2 Å². The molecule has 3 atom stereocenters. The molecule has 2 saturated carbocycles. The van der Waals surface area contributed by atoms with E-state index in [1.54, 1.807) is 6.07 Å². The fourth-order valence-electron chi connectivity index (χ4n) is 4.43. The molecule has 2 fully saturated rings. The van der Waals surface area contributed by atoms with Gasteiger partial charge in [0.1, 0.15) is 0 Å². The van der Waals surface area contributed by atoms with Crippen LogP contribution in [0, 0.1) is 22.6 Å². The fourth-order valence-corrected chi connectivity index (χ4v) is 4.43. The Balaban J connectivity index is 1.88. The lowest BCUT2D eigenvalue weighted by Crippen LogP contribution is -2.45. The average Bonchev–Trinajstić information content (AvgIpc) is 2.80. The molecule has 0 aromatic heterocycles. The molecule has 104 valence electrons. The Bertz CT molecular complexity index is 509. The molecule has 0 spiro atoms. The number of aromatic hydroxyl groups is 1. The zero-order valence-electron chi connectivity index (χ0n) is 11.8. The van der Waals surface area contributed by atoms with Gasteiger partial charge in [-0.15, -0.1) is 0 Å². The van der Waals surface area contributed by atoms with Crippen molar-refractivity contribution in [2.45, 2.75) is 46.1 Å². The number of anilines is 1. The van der Waals surface area contributed by atoms with Crippen LogP contribution in [0.15, 0.2) is 18.2 Å². The molecule has 0 amide bonds. The summed E-state index contributed by atoms with van der Waals surface area (Å²) in [6.45, 7) is 6.98. The van der Waals surface area contributed by atoms with Crippen LogP contribution in [-0.2, 0) is 0 Å². The largest absolute Gasteiger partial charge is 0.505 e. The lowest BCUT2D eigenvalue weighted by atomic mass is 9.68. The summed E-state index contributed by atoms with van der Waals surface area (Å²) in [4.78, 5) is 0. The molecule has 0 saturated heterocycles. The molecular weight excluding hydrogens is 241 g/mol. The Labute approximate surface area is 114 Å². The number of halogens is 1. The SMILES string of the molecule is CC12CCC(C1)C(C)(C)C2Nc1ccc(O)c(F)c1. The zero-order valence-corrected chi connectivity index (χ0v) is 11.8. The van der Waals surface area contributed by atoms with E-state index in [1.165, 1.54) is 31.4 Å². The van der Waals surface area contributed by atoms with Crippen LogP contribution in [0.2, 0.25) is 0 Å². The lowest BCUT2D eigenvalue weighted by Gasteiger charge is -2.43. The van der Waals surface area contributed by atoms with Gasteiger partial charge in [0.2, 0.25) is 0 Å². The van der Waals surface area contributed by atoms with Crippen LogP contribution in [0.4, 0.5) is 10.1 Å². The second-order valence-electron chi connectivity index (χ2n) is 7.16. The number of rotatable bonds is 2. The van der Waals surface area contributed by atoms with E-state index in [1.807, 2.05) is 0 Å². The van der Waals surface area contributed by atoms with E-state index in [0.717, 1.165) is 11.6 Å². The topological polar surface area (TPSA) is 32.3 Å². The van der Waals surface area contributed by atoms with Gasteiger partial charge >= 0.3 is 0 Å². The maximum atomic E-state index is 13.4. The molecule has 2 N–H and O–H groups in total. The number of hydrogen-bond acceptors (Lipinski definition) is 2. The fraction of sp³-hybridized carbons (Fsp3) is 0.625. The molecule has 2 aliphatic carbocycles. The van der Waals surface area contributed by atoms with Crippen LogP contribution in [0.3, 0.4) is 0 Å². The molecule has 2 bridgehead atoms. The third-order valence-electron chi connectivity index (χ3n) is 5.53. The average molecular weight is 263 g/mol. The van der Waals surface area contributed by atoms with Crippen molar-refractivity contribution in [3.05, 3.63) is 24.0 Å². The second-order valence-corrected chi connectivity index (χ2v) is 7.16. The van der Waals surface area contributed by atoms with Gasteiger partial charge in [0.05, 0.1) is 0 Å². The molecule has 0 heterocycles. The molecule has 1 aromatic carbocycles. The van der Waals surface area contributed by atoms with Crippen LogP contribution < -0.4 is 5.32 Å². The Morgan fingerprint density at radius 2 is 2.05 bits per heavy atom. The number of phenols is 1. The molecule has 0 aliphatic heterocycles. The monoisotopic (exact) mass is 263 g/mol. The highest BCUT2D eigenvalue weighted by atomic mass is 19.1. The first kappa shape index (κ1) is 12.8. The highest BCUT2D eigenvalue weighted by Gasteiger charge is 2.59. The standard InChI is InChI=1S/C16H22FNO/c1-15(2)10-6-7-16(3,9-10)14(15)18-11-4-5-13(19)12(17)8-11/h4-5,8,10,14,18-19H,6-7,9H2,1-3H3. The molecular formula is C16H22FNO. The van der Waals surface area contributed by atoms with Gasteiger partial charge in [0.25, 0.3) is 0 Å². The lowest BCUT2D eigenvalue weighted by molar-refractivity contribution is 0.155. The molecule has 2 aliphatic rings.